The molecule has 2 nitrogen and oxygen atoms in total. The molecule has 0 aliphatic carbocycles. The summed E-state index contributed by atoms with van der Waals surface area (Å²) in [5.74, 6) is 0.388. The second kappa shape index (κ2) is 4.49. The third-order valence-corrected chi connectivity index (χ3v) is 2.52. The normalized spacial score (nSPS) is 9.87. The first kappa shape index (κ1) is 11.8. The molecule has 0 aliphatic heterocycles. The molecule has 15 heavy (non-hydrogen) atoms. The lowest BCUT2D eigenvalue weighted by Gasteiger charge is -2.09. The highest BCUT2D eigenvalue weighted by atomic mass is 35.5. The Hall–Kier alpha value is -1.28. The van der Waals surface area contributed by atoms with Gasteiger partial charge in [0.15, 0.2) is 5.78 Å². The van der Waals surface area contributed by atoms with E-state index in [0.717, 1.165) is 5.56 Å². The first-order valence-corrected chi connectivity index (χ1v) is 4.89. The van der Waals surface area contributed by atoms with Gasteiger partial charge >= 0.3 is 0 Å². The van der Waals surface area contributed by atoms with Crippen LogP contribution in [0.1, 0.15) is 22.8 Å². The van der Waals surface area contributed by atoms with Crippen molar-refractivity contribution >= 4 is 17.4 Å². The largest absolute Gasteiger partial charge is 0.496 e. The average Bonchev–Trinajstić information content (AvgIpc) is 2.20. The van der Waals surface area contributed by atoms with E-state index >= 15 is 0 Å². The predicted octanol–water partition coefficient (Wildman–Crippen LogP) is 3.42. The molecule has 0 aliphatic rings. The number of Topliss-reactive ketones (excluding diaryl/α,β-unsaturated/α-hetero) is 1. The molecule has 0 heterocycles. The zero-order valence-electron chi connectivity index (χ0n) is 9.06. The summed E-state index contributed by atoms with van der Waals surface area (Å²) in [5, 5.41) is 0.556. The number of halogens is 1. The van der Waals surface area contributed by atoms with Crippen LogP contribution in [0.25, 0.3) is 0 Å². The van der Waals surface area contributed by atoms with E-state index in [1.54, 1.807) is 19.1 Å². The third kappa shape index (κ3) is 2.39. The van der Waals surface area contributed by atoms with Gasteiger partial charge in [0, 0.05) is 5.02 Å². The number of hydrogen-bond donors (Lipinski definition) is 0. The molecule has 0 saturated carbocycles. The Balaban J connectivity index is 3.34. The second-order valence-electron chi connectivity index (χ2n) is 3.41. The van der Waals surface area contributed by atoms with E-state index in [1.165, 1.54) is 7.11 Å². The number of aryl methyl sites for hydroxylation is 1. The molecule has 0 spiro atoms. The van der Waals surface area contributed by atoms with Gasteiger partial charge in [0.05, 0.1) is 12.7 Å². The summed E-state index contributed by atoms with van der Waals surface area (Å²) in [6.45, 7) is 7.13. The summed E-state index contributed by atoms with van der Waals surface area (Å²) in [5.41, 5.74) is 1.81. The first-order chi connectivity index (χ1) is 6.97. The molecular weight excluding hydrogens is 212 g/mol. The summed E-state index contributed by atoms with van der Waals surface area (Å²) in [7, 11) is 1.53. The van der Waals surface area contributed by atoms with Crippen LogP contribution >= 0.6 is 11.6 Å². The van der Waals surface area contributed by atoms with Crippen LogP contribution < -0.4 is 4.74 Å². The number of ketones is 1. The van der Waals surface area contributed by atoms with E-state index in [0.29, 0.717) is 21.9 Å². The number of methoxy groups -OCH3 is 1. The Labute approximate surface area is 94.5 Å². The lowest BCUT2D eigenvalue weighted by molar-refractivity contribution is 0.103. The fourth-order valence-electron chi connectivity index (χ4n) is 1.23. The fraction of sp³-hybridized carbons (Fsp3) is 0.250. The maximum Gasteiger partial charge on any atom is 0.191 e. The summed E-state index contributed by atoms with van der Waals surface area (Å²) >= 11 is 5.95. The van der Waals surface area contributed by atoms with Crippen molar-refractivity contribution in [1.82, 2.24) is 0 Å². The number of benzene rings is 1. The molecule has 1 aromatic carbocycles. The molecule has 0 saturated heterocycles. The lowest BCUT2D eigenvalue weighted by atomic mass is 10.0. The van der Waals surface area contributed by atoms with Crippen molar-refractivity contribution in [3.05, 3.63) is 40.4 Å². The van der Waals surface area contributed by atoms with E-state index in [2.05, 4.69) is 6.58 Å². The SMILES string of the molecule is C=C(C)C(=O)c1cc(Cl)c(C)cc1OC. The molecule has 0 radical (unpaired) electrons. The minimum absolute atomic E-state index is 0.145. The van der Waals surface area contributed by atoms with E-state index < -0.39 is 0 Å². The average molecular weight is 225 g/mol. The van der Waals surface area contributed by atoms with Gasteiger partial charge in [-0.3, -0.25) is 4.79 Å². The van der Waals surface area contributed by atoms with Crippen molar-refractivity contribution in [3.63, 3.8) is 0 Å². The van der Waals surface area contributed by atoms with Crippen LogP contribution in [0.4, 0.5) is 0 Å². The summed E-state index contributed by atoms with van der Waals surface area (Å²) in [6.07, 6.45) is 0. The second-order valence-corrected chi connectivity index (χ2v) is 3.82. The molecule has 0 unspecified atom stereocenters. The predicted molar refractivity (Wildman–Crippen MR) is 61.9 cm³/mol. The monoisotopic (exact) mass is 224 g/mol. The topological polar surface area (TPSA) is 26.3 Å². The molecule has 1 rings (SSSR count). The van der Waals surface area contributed by atoms with Crippen LogP contribution in [0, 0.1) is 6.92 Å². The van der Waals surface area contributed by atoms with Crippen molar-refractivity contribution in [2.75, 3.05) is 7.11 Å². The van der Waals surface area contributed by atoms with Crippen LogP contribution in [-0.2, 0) is 0 Å². The van der Waals surface area contributed by atoms with Gasteiger partial charge in [-0.15, -0.1) is 0 Å². The Morgan fingerprint density at radius 1 is 1.47 bits per heavy atom. The van der Waals surface area contributed by atoms with Crippen molar-refractivity contribution in [1.29, 1.82) is 0 Å². The molecule has 3 heteroatoms. The lowest BCUT2D eigenvalue weighted by Crippen LogP contribution is -2.03. The Morgan fingerprint density at radius 2 is 2.07 bits per heavy atom. The van der Waals surface area contributed by atoms with Crippen LogP contribution in [0.3, 0.4) is 0 Å². The minimum atomic E-state index is -0.145. The molecule has 80 valence electrons. The van der Waals surface area contributed by atoms with Gasteiger partial charge in [0.25, 0.3) is 0 Å². The summed E-state index contributed by atoms with van der Waals surface area (Å²) in [6, 6.07) is 3.37. The maximum atomic E-state index is 11.7. The fourth-order valence-corrected chi connectivity index (χ4v) is 1.39. The first-order valence-electron chi connectivity index (χ1n) is 4.51. The summed E-state index contributed by atoms with van der Waals surface area (Å²) in [4.78, 5) is 11.7. The quantitative estimate of drug-likeness (QED) is 0.581. The van der Waals surface area contributed by atoms with Crippen molar-refractivity contribution in [3.8, 4) is 5.75 Å². The summed E-state index contributed by atoms with van der Waals surface area (Å²) < 4.78 is 5.13. The number of allylic oxidation sites excluding steroid dienone is 1. The van der Waals surface area contributed by atoms with Gasteiger partial charge in [-0.2, -0.15) is 0 Å². The highest BCUT2D eigenvalue weighted by molar-refractivity contribution is 6.32. The van der Waals surface area contributed by atoms with Gasteiger partial charge in [-0.25, -0.2) is 0 Å². The molecule has 0 fully saturated rings. The van der Waals surface area contributed by atoms with Gasteiger partial charge in [0.2, 0.25) is 0 Å². The molecule has 0 bridgehead atoms. The minimum Gasteiger partial charge on any atom is -0.496 e. The molecule has 0 atom stereocenters. The van der Waals surface area contributed by atoms with Crippen LogP contribution in [0.15, 0.2) is 24.3 Å². The van der Waals surface area contributed by atoms with Crippen molar-refractivity contribution in [2.45, 2.75) is 13.8 Å². The van der Waals surface area contributed by atoms with Gasteiger partial charge in [0.1, 0.15) is 5.75 Å². The highest BCUT2D eigenvalue weighted by Crippen LogP contribution is 2.28. The van der Waals surface area contributed by atoms with E-state index in [1.807, 2.05) is 6.92 Å². The number of carbonyl (C=O) groups is 1. The van der Waals surface area contributed by atoms with Crippen LogP contribution in [0.5, 0.6) is 5.75 Å². The smallest absolute Gasteiger partial charge is 0.191 e. The number of carbonyl (C=O) groups excluding carboxylic acids is 1. The van der Waals surface area contributed by atoms with Crippen molar-refractivity contribution in [2.24, 2.45) is 0 Å². The van der Waals surface area contributed by atoms with Crippen LogP contribution in [0.2, 0.25) is 5.02 Å². The zero-order valence-corrected chi connectivity index (χ0v) is 9.81. The standard InChI is InChI=1S/C12H13ClO2/c1-7(2)12(14)9-6-10(13)8(3)5-11(9)15-4/h5-6H,1H2,2-4H3. The molecule has 1 aromatic rings. The maximum absolute atomic E-state index is 11.7. The van der Waals surface area contributed by atoms with E-state index in [4.69, 9.17) is 16.3 Å². The molecule has 0 N–H and O–H groups in total. The zero-order chi connectivity index (χ0) is 11.6. The van der Waals surface area contributed by atoms with Gasteiger partial charge in [-0.1, -0.05) is 18.2 Å². The van der Waals surface area contributed by atoms with Gasteiger partial charge in [-0.05, 0) is 37.1 Å². The molecule has 0 amide bonds. The molecular formula is C12H13ClO2. The number of ether oxygens (including phenoxy) is 1. The number of rotatable bonds is 3. The highest BCUT2D eigenvalue weighted by Gasteiger charge is 2.14. The van der Waals surface area contributed by atoms with Crippen molar-refractivity contribution < 1.29 is 9.53 Å². The number of hydrogen-bond acceptors (Lipinski definition) is 2. The Morgan fingerprint density at radius 3 is 2.53 bits per heavy atom. The Bertz CT molecular complexity index is 422. The van der Waals surface area contributed by atoms with Crippen LogP contribution in [-0.4, -0.2) is 12.9 Å². The van der Waals surface area contributed by atoms with Gasteiger partial charge < -0.3 is 4.74 Å². The Kier molecular flexibility index (Phi) is 3.53. The van der Waals surface area contributed by atoms with E-state index in [-0.39, 0.29) is 5.78 Å². The van der Waals surface area contributed by atoms with E-state index in [9.17, 15) is 4.79 Å². The third-order valence-electron chi connectivity index (χ3n) is 2.11. The molecule has 0 aromatic heterocycles.